The number of rotatable bonds is 4. The zero-order chi connectivity index (χ0) is 14.5. The molecule has 0 saturated heterocycles. The number of aromatic amines is 1. The van der Waals surface area contributed by atoms with E-state index in [1.807, 2.05) is 13.8 Å². The Kier molecular flexibility index (Phi) is 4.09. The van der Waals surface area contributed by atoms with Crippen molar-refractivity contribution in [1.82, 2.24) is 15.2 Å². The van der Waals surface area contributed by atoms with E-state index in [1.54, 1.807) is 24.3 Å². The molecule has 0 fully saturated rings. The van der Waals surface area contributed by atoms with Gasteiger partial charge in [0.25, 0.3) is 5.91 Å². The lowest BCUT2D eigenvalue weighted by Gasteiger charge is -2.08. The third-order valence-electron chi connectivity index (χ3n) is 2.56. The van der Waals surface area contributed by atoms with E-state index in [2.05, 4.69) is 25.8 Å². The summed E-state index contributed by atoms with van der Waals surface area (Å²) in [5.41, 5.74) is 1.29. The number of nitrogens with zero attached hydrogens (tertiary/aromatic N) is 2. The summed E-state index contributed by atoms with van der Waals surface area (Å²) in [5, 5.41) is 11.5. The fourth-order valence-corrected chi connectivity index (χ4v) is 1.43. The van der Waals surface area contributed by atoms with Crippen molar-refractivity contribution in [3.05, 3.63) is 36.4 Å². The quantitative estimate of drug-likeness (QED) is 0.788. The first-order valence-electron chi connectivity index (χ1n) is 6.14. The van der Waals surface area contributed by atoms with Gasteiger partial charge in [-0.05, 0) is 24.3 Å². The van der Waals surface area contributed by atoms with Crippen LogP contribution in [-0.4, -0.2) is 27.0 Å². The molecule has 1 heterocycles. The van der Waals surface area contributed by atoms with Crippen molar-refractivity contribution >= 4 is 23.2 Å². The van der Waals surface area contributed by atoms with Crippen molar-refractivity contribution in [2.45, 2.75) is 13.8 Å². The number of amides is 2. The maximum absolute atomic E-state index is 11.7. The highest BCUT2D eigenvalue weighted by Crippen LogP contribution is 2.14. The van der Waals surface area contributed by atoms with Crippen LogP contribution in [0.2, 0.25) is 0 Å². The van der Waals surface area contributed by atoms with E-state index in [4.69, 9.17) is 0 Å². The molecule has 7 heteroatoms. The Morgan fingerprint density at radius 3 is 2.20 bits per heavy atom. The second-order valence-electron chi connectivity index (χ2n) is 4.51. The number of carbonyl (C=O) groups excluding carboxylic acids is 2. The molecule has 2 aromatic rings. The van der Waals surface area contributed by atoms with Crippen molar-refractivity contribution in [2.75, 3.05) is 10.6 Å². The van der Waals surface area contributed by atoms with Gasteiger partial charge < -0.3 is 10.6 Å². The summed E-state index contributed by atoms with van der Waals surface area (Å²) in [6.07, 6.45) is 1.26. The van der Waals surface area contributed by atoms with Gasteiger partial charge in [-0.25, -0.2) is 4.98 Å². The number of hydrogen-bond donors (Lipinski definition) is 3. The largest absolute Gasteiger partial charge is 0.326 e. The lowest BCUT2D eigenvalue weighted by molar-refractivity contribution is -0.118. The fourth-order valence-electron chi connectivity index (χ4n) is 1.43. The maximum atomic E-state index is 11.7. The number of nitrogens with one attached hydrogen (secondary N) is 3. The number of carbonyl (C=O) groups is 2. The predicted octanol–water partition coefficient (Wildman–Crippen LogP) is 1.65. The lowest BCUT2D eigenvalue weighted by atomic mass is 10.2. The van der Waals surface area contributed by atoms with Gasteiger partial charge >= 0.3 is 0 Å². The van der Waals surface area contributed by atoms with Gasteiger partial charge in [0.15, 0.2) is 0 Å². The first-order chi connectivity index (χ1) is 9.56. The molecule has 0 unspecified atom stereocenters. The molecule has 1 aromatic carbocycles. The molecule has 3 N–H and O–H groups in total. The van der Waals surface area contributed by atoms with E-state index in [0.717, 1.165) is 0 Å². The van der Waals surface area contributed by atoms with E-state index >= 15 is 0 Å². The van der Waals surface area contributed by atoms with E-state index < -0.39 is 0 Å². The summed E-state index contributed by atoms with van der Waals surface area (Å²) >= 11 is 0. The Morgan fingerprint density at radius 2 is 1.70 bits per heavy atom. The SMILES string of the molecule is CC(C)C(=O)Nc1ccc(NC(=O)c2ncn[nH]2)cc1. The fraction of sp³-hybridized carbons (Fsp3) is 0.231. The van der Waals surface area contributed by atoms with Crippen LogP contribution in [-0.2, 0) is 4.79 Å². The third-order valence-corrected chi connectivity index (χ3v) is 2.56. The first-order valence-corrected chi connectivity index (χ1v) is 6.14. The summed E-state index contributed by atoms with van der Waals surface area (Å²) in [7, 11) is 0. The van der Waals surface area contributed by atoms with Gasteiger partial charge in [0.05, 0.1) is 0 Å². The Morgan fingerprint density at radius 1 is 1.10 bits per heavy atom. The average Bonchev–Trinajstić information content (AvgIpc) is 2.95. The van der Waals surface area contributed by atoms with Gasteiger partial charge in [0.1, 0.15) is 6.33 Å². The highest BCUT2D eigenvalue weighted by Gasteiger charge is 2.09. The van der Waals surface area contributed by atoms with Crippen LogP contribution in [0.25, 0.3) is 0 Å². The maximum Gasteiger partial charge on any atom is 0.292 e. The van der Waals surface area contributed by atoms with Crippen LogP contribution >= 0.6 is 0 Å². The molecule has 0 aliphatic carbocycles. The van der Waals surface area contributed by atoms with Crippen LogP contribution in [0.5, 0.6) is 0 Å². The van der Waals surface area contributed by atoms with Gasteiger partial charge in [0, 0.05) is 17.3 Å². The van der Waals surface area contributed by atoms with Gasteiger partial charge in [-0.1, -0.05) is 13.8 Å². The molecule has 0 spiro atoms. The van der Waals surface area contributed by atoms with Crippen LogP contribution < -0.4 is 10.6 Å². The van der Waals surface area contributed by atoms with E-state index in [0.29, 0.717) is 11.4 Å². The van der Waals surface area contributed by atoms with Crippen LogP contribution in [0, 0.1) is 5.92 Å². The second-order valence-corrected chi connectivity index (χ2v) is 4.51. The van der Waals surface area contributed by atoms with Crippen LogP contribution in [0.3, 0.4) is 0 Å². The molecule has 7 nitrogen and oxygen atoms in total. The summed E-state index contributed by atoms with van der Waals surface area (Å²) in [6, 6.07) is 6.83. The van der Waals surface area contributed by atoms with Crippen molar-refractivity contribution in [3.63, 3.8) is 0 Å². The van der Waals surface area contributed by atoms with E-state index in [-0.39, 0.29) is 23.6 Å². The van der Waals surface area contributed by atoms with Crippen molar-refractivity contribution in [2.24, 2.45) is 5.92 Å². The van der Waals surface area contributed by atoms with Crippen molar-refractivity contribution in [1.29, 1.82) is 0 Å². The molecule has 0 atom stereocenters. The van der Waals surface area contributed by atoms with E-state index in [1.165, 1.54) is 6.33 Å². The minimum atomic E-state index is -0.374. The number of H-pyrrole nitrogens is 1. The average molecular weight is 273 g/mol. The summed E-state index contributed by atoms with van der Waals surface area (Å²) in [5.74, 6) is -0.368. The summed E-state index contributed by atoms with van der Waals surface area (Å²) in [4.78, 5) is 27.0. The van der Waals surface area contributed by atoms with E-state index in [9.17, 15) is 9.59 Å². The Hall–Kier alpha value is -2.70. The zero-order valence-electron chi connectivity index (χ0n) is 11.2. The molecule has 2 amide bonds. The molecule has 0 saturated carbocycles. The molecule has 0 radical (unpaired) electrons. The Bertz CT molecular complexity index is 590. The van der Waals surface area contributed by atoms with Crippen LogP contribution in [0.4, 0.5) is 11.4 Å². The van der Waals surface area contributed by atoms with Gasteiger partial charge in [-0.3, -0.25) is 14.7 Å². The highest BCUT2D eigenvalue weighted by molar-refractivity contribution is 6.01. The summed E-state index contributed by atoms with van der Waals surface area (Å²) in [6.45, 7) is 3.64. The normalized spacial score (nSPS) is 10.3. The van der Waals surface area contributed by atoms with Gasteiger partial charge in [0.2, 0.25) is 11.7 Å². The summed E-state index contributed by atoms with van der Waals surface area (Å²) < 4.78 is 0. The molecule has 2 rings (SSSR count). The van der Waals surface area contributed by atoms with Crippen molar-refractivity contribution < 1.29 is 9.59 Å². The smallest absolute Gasteiger partial charge is 0.292 e. The standard InChI is InChI=1S/C13H15N5O2/c1-8(2)12(19)16-9-3-5-10(6-4-9)17-13(20)11-14-7-15-18-11/h3-8H,1-2H3,(H,16,19)(H,17,20)(H,14,15,18). The number of benzene rings is 1. The predicted molar refractivity (Wildman–Crippen MR) is 74.2 cm³/mol. The topological polar surface area (TPSA) is 99.8 Å². The lowest BCUT2D eigenvalue weighted by Crippen LogP contribution is -2.17. The van der Waals surface area contributed by atoms with Gasteiger partial charge in [-0.2, -0.15) is 5.10 Å². The molecule has 1 aromatic heterocycles. The van der Waals surface area contributed by atoms with Crippen molar-refractivity contribution in [3.8, 4) is 0 Å². The third kappa shape index (κ3) is 3.41. The Labute approximate surface area is 115 Å². The number of hydrogen-bond acceptors (Lipinski definition) is 4. The van der Waals surface area contributed by atoms with Gasteiger partial charge in [-0.15, -0.1) is 0 Å². The zero-order valence-corrected chi connectivity index (χ0v) is 11.2. The molecule has 20 heavy (non-hydrogen) atoms. The molecular formula is C13H15N5O2. The first kappa shape index (κ1) is 13.7. The molecule has 0 aliphatic heterocycles. The minimum Gasteiger partial charge on any atom is -0.326 e. The molecule has 104 valence electrons. The van der Waals surface area contributed by atoms with Crippen LogP contribution in [0.1, 0.15) is 24.5 Å². The molecule has 0 aliphatic rings. The minimum absolute atomic E-state index is 0.0524. The molecule has 0 bridgehead atoms. The number of anilines is 2. The Balaban J connectivity index is 1.98. The second kappa shape index (κ2) is 5.96. The number of aromatic nitrogens is 3. The highest BCUT2D eigenvalue weighted by atomic mass is 16.2. The monoisotopic (exact) mass is 273 g/mol. The van der Waals surface area contributed by atoms with Crippen LogP contribution in [0.15, 0.2) is 30.6 Å². The molecular weight excluding hydrogens is 258 g/mol.